The molecule has 0 saturated heterocycles. The van der Waals surface area contributed by atoms with Gasteiger partial charge in [-0.05, 0) is 36.4 Å². The lowest BCUT2D eigenvalue weighted by atomic mass is 10.1. The molecule has 0 saturated carbocycles. The van der Waals surface area contributed by atoms with Crippen LogP contribution >= 0.6 is 0 Å². The molecule has 0 aliphatic carbocycles. The van der Waals surface area contributed by atoms with E-state index < -0.39 is 5.97 Å². The summed E-state index contributed by atoms with van der Waals surface area (Å²) < 4.78 is 18.1. The number of carbonyl (C=O) groups is 2. The number of halogens is 1. The van der Waals surface area contributed by atoms with E-state index in [4.69, 9.17) is 0 Å². The van der Waals surface area contributed by atoms with Crippen LogP contribution in [0.25, 0.3) is 0 Å². The van der Waals surface area contributed by atoms with E-state index in [9.17, 15) is 14.0 Å². The number of amides is 1. The van der Waals surface area contributed by atoms with Crippen molar-refractivity contribution >= 4 is 11.9 Å². The molecule has 0 heterocycles. The SMILES string of the molecule is CC(=O)OCNC(=O)c1ccc(C#Cc2ccccc2F)cc1. The van der Waals surface area contributed by atoms with Crippen molar-refractivity contribution < 1.29 is 18.7 Å². The van der Waals surface area contributed by atoms with Crippen molar-refractivity contribution in [2.75, 3.05) is 6.73 Å². The fourth-order valence-corrected chi connectivity index (χ4v) is 1.71. The monoisotopic (exact) mass is 311 g/mol. The second-order valence-electron chi connectivity index (χ2n) is 4.59. The second kappa shape index (κ2) is 7.76. The first-order valence-corrected chi connectivity index (χ1v) is 6.84. The lowest BCUT2D eigenvalue weighted by Crippen LogP contribution is -2.27. The van der Waals surface area contributed by atoms with Crippen molar-refractivity contribution in [1.82, 2.24) is 5.32 Å². The van der Waals surface area contributed by atoms with Gasteiger partial charge in [-0.1, -0.05) is 24.0 Å². The standard InChI is InChI=1S/C18H14FNO3/c1-13(21)23-12-20-18(22)16-10-7-14(8-11-16)6-9-15-4-2-3-5-17(15)19/h2-5,7-8,10-11H,12H2,1H3,(H,20,22). The van der Waals surface area contributed by atoms with E-state index in [-0.39, 0.29) is 18.5 Å². The number of esters is 1. The summed E-state index contributed by atoms with van der Waals surface area (Å²) in [5.41, 5.74) is 1.38. The van der Waals surface area contributed by atoms with Gasteiger partial charge in [0.25, 0.3) is 5.91 Å². The number of carbonyl (C=O) groups excluding carboxylic acids is 2. The summed E-state index contributed by atoms with van der Waals surface area (Å²) in [5, 5.41) is 2.45. The Kier molecular flexibility index (Phi) is 5.48. The highest BCUT2D eigenvalue weighted by atomic mass is 19.1. The highest BCUT2D eigenvalue weighted by Gasteiger charge is 2.04. The fraction of sp³-hybridized carbons (Fsp3) is 0.111. The normalized spacial score (nSPS) is 9.48. The number of benzene rings is 2. The molecule has 0 aliphatic heterocycles. The van der Waals surface area contributed by atoms with Crippen molar-refractivity contribution in [2.45, 2.75) is 6.92 Å². The minimum absolute atomic E-state index is 0.178. The average molecular weight is 311 g/mol. The van der Waals surface area contributed by atoms with Gasteiger partial charge in [0.15, 0.2) is 6.73 Å². The van der Waals surface area contributed by atoms with Gasteiger partial charge in [0.2, 0.25) is 0 Å². The highest BCUT2D eigenvalue weighted by Crippen LogP contribution is 2.06. The molecule has 1 N–H and O–H groups in total. The lowest BCUT2D eigenvalue weighted by molar-refractivity contribution is -0.141. The molecule has 23 heavy (non-hydrogen) atoms. The maximum absolute atomic E-state index is 13.4. The van der Waals surface area contributed by atoms with Gasteiger partial charge in [-0.2, -0.15) is 0 Å². The van der Waals surface area contributed by atoms with Crippen LogP contribution < -0.4 is 5.32 Å². The zero-order valence-corrected chi connectivity index (χ0v) is 12.4. The molecule has 1 amide bonds. The summed E-state index contributed by atoms with van der Waals surface area (Å²) in [7, 11) is 0. The largest absolute Gasteiger partial charge is 0.445 e. The zero-order valence-electron chi connectivity index (χ0n) is 12.4. The Morgan fingerprint density at radius 1 is 1.09 bits per heavy atom. The Morgan fingerprint density at radius 2 is 1.78 bits per heavy atom. The van der Waals surface area contributed by atoms with Crippen LogP contribution in [0, 0.1) is 17.7 Å². The van der Waals surface area contributed by atoms with Crippen molar-refractivity contribution in [3.63, 3.8) is 0 Å². The van der Waals surface area contributed by atoms with Crippen LogP contribution in [-0.2, 0) is 9.53 Å². The van der Waals surface area contributed by atoms with Gasteiger partial charge >= 0.3 is 5.97 Å². The van der Waals surface area contributed by atoms with E-state index in [1.165, 1.54) is 13.0 Å². The molecule has 5 heteroatoms. The summed E-state index contributed by atoms with van der Waals surface area (Å²) in [6, 6.07) is 12.8. The predicted molar refractivity (Wildman–Crippen MR) is 82.9 cm³/mol. The van der Waals surface area contributed by atoms with E-state index in [1.807, 2.05) is 0 Å². The zero-order chi connectivity index (χ0) is 16.7. The van der Waals surface area contributed by atoms with Crippen LogP contribution in [-0.4, -0.2) is 18.6 Å². The number of nitrogens with one attached hydrogen (secondary N) is 1. The van der Waals surface area contributed by atoms with Crippen LogP contribution in [0.3, 0.4) is 0 Å². The van der Waals surface area contributed by atoms with Crippen LogP contribution in [0.5, 0.6) is 0 Å². The molecule has 0 spiro atoms. The third kappa shape index (κ3) is 4.97. The average Bonchev–Trinajstić information content (AvgIpc) is 2.54. The molecule has 4 nitrogen and oxygen atoms in total. The van der Waals surface area contributed by atoms with Gasteiger partial charge in [0.05, 0.1) is 5.56 Å². The maximum atomic E-state index is 13.4. The third-order valence-electron chi connectivity index (χ3n) is 2.87. The molecular weight excluding hydrogens is 297 g/mol. The Balaban J connectivity index is 2.01. The Hall–Kier alpha value is -3.13. The molecule has 2 aromatic rings. The molecule has 0 aliphatic rings. The lowest BCUT2D eigenvalue weighted by Gasteiger charge is -2.05. The number of hydrogen-bond donors (Lipinski definition) is 1. The van der Waals surface area contributed by atoms with E-state index >= 15 is 0 Å². The van der Waals surface area contributed by atoms with E-state index in [0.717, 1.165) is 0 Å². The molecular formula is C18H14FNO3. The summed E-state index contributed by atoms with van der Waals surface area (Å²) in [6.07, 6.45) is 0. The topological polar surface area (TPSA) is 55.4 Å². The molecule has 0 unspecified atom stereocenters. The van der Waals surface area contributed by atoms with E-state index in [2.05, 4.69) is 21.9 Å². The van der Waals surface area contributed by atoms with Gasteiger partial charge < -0.3 is 10.1 Å². The molecule has 2 rings (SSSR count). The smallest absolute Gasteiger partial charge is 0.304 e. The van der Waals surface area contributed by atoms with Crippen molar-refractivity contribution in [2.24, 2.45) is 0 Å². The molecule has 116 valence electrons. The van der Waals surface area contributed by atoms with E-state index in [1.54, 1.807) is 42.5 Å². The molecule has 0 bridgehead atoms. The summed E-state index contributed by atoms with van der Waals surface area (Å²) in [4.78, 5) is 22.4. The quantitative estimate of drug-likeness (QED) is 0.538. The first kappa shape index (κ1) is 16.2. The summed E-state index contributed by atoms with van der Waals surface area (Å²) in [5.74, 6) is 4.37. The van der Waals surface area contributed by atoms with Crippen LogP contribution in [0.15, 0.2) is 48.5 Å². The van der Waals surface area contributed by atoms with Crippen LogP contribution in [0.1, 0.15) is 28.4 Å². The Bertz CT molecular complexity index is 773. The molecule has 0 aromatic heterocycles. The molecule has 2 aromatic carbocycles. The van der Waals surface area contributed by atoms with Crippen molar-refractivity contribution in [3.05, 3.63) is 71.0 Å². The Labute approximate surface area is 133 Å². The fourth-order valence-electron chi connectivity index (χ4n) is 1.71. The van der Waals surface area contributed by atoms with Gasteiger partial charge in [-0.3, -0.25) is 9.59 Å². The molecule has 0 radical (unpaired) electrons. The Morgan fingerprint density at radius 3 is 2.43 bits per heavy atom. The second-order valence-corrected chi connectivity index (χ2v) is 4.59. The minimum atomic E-state index is -0.468. The summed E-state index contributed by atoms with van der Waals surface area (Å²) >= 11 is 0. The first-order chi connectivity index (χ1) is 11.1. The van der Waals surface area contributed by atoms with Crippen LogP contribution in [0.4, 0.5) is 4.39 Å². The van der Waals surface area contributed by atoms with E-state index in [0.29, 0.717) is 16.7 Å². The summed E-state index contributed by atoms with van der Waals surface area (Å²) in [6.45, 7) is 1.08. The molecule has 0 atom stereocenters. The van der Waals surface area contributed by atoms with Gasteiger partial charge in [-0.15, -0.1) is 0 Å². The minimum Gasteiger partial charge on any atom is -0.445 e. The number of rotatable bonds is 3. The highest BCUT2D eigenvalue weighted by molar-refractivity contribution is 5.94. The third-order valence-corrected chi connectivity index (χ3v) is 2.87. The predicted octanol–water partition coefficient (Wildman–Crippen LogP) is 2.48. The van der Waals surface area contributed by atoms with Gasteiger partial charge in [0, 0.05) is 18.1 Å². The number of ether oxygens (including phenoxy) is 1. The van der Waals surface area contributed by atoms with Gasteiger partial charge in [-0.25, -0.2) is 4.39 Å². The first-order valence-electron chi connectivity index (χ1n) is 6.84. The maximum Gasteiger partial charge on any atom is 0.304 e. The number of hydrogen-bond acceptors (Lipinski definition) is 3. The van der Waals surface area contributed by atoms with Crippen LogP contribution in [0.2, 0.25) is 0 Å². The van der Waals surface area contributed by atoms with Crippen molar-refractivity contribution in [1.29, 1.82) is 0 Å². The van der Waals surface area contributed by atoms with Gasteiger partial charge in [0.1, 0.15) is 5.82 Å². The molecule has 0 fully saturated rings. The van der Waals surface area contributed by atoms with Crippen molar-refractivity contribution in [3.8, 4) is 11.8 Å².